The van der Waals surface area contributed by atoms with Gasteiger partial charge >= 0.3 is 0 Å². The largest absolute Gasteiger partial charge is 0.398 e. The molecule has 0 aliphatic carbocycles. The minimum absolute atomic E-state index is 0.749. The van der Waals surface area contributed by atoms with Crippen LogP contribution in [0.3, 0.4) is 0 Å². The van der Waals surface area contributed by atoms with Crippen LogP contribution in [0.5, 0.6) is 0 Å². The SMILES string of the molecule is Nc1ccccc1-c1nc(-n2ccnc2)cs1. The van der Waals surface area contributed by atoms with Crippen LogP contribution in [0.2, 0.25) is 0 Å². The zero-order valence-electron chi connectivity index (χ0n) is 8.95. The molecule has 0 aliphatic rings. The number of nitrogens with two attached hydrogens (primary N) is 1. The first-order chi connectivity index (χ1) is 8.34. The van der Waals surface area contributed by atoms with Crippen LogP contribution < -0.4 is 5.73 Å². The molecule has 2 N–H and O–H groups in total. The number of hydrogen-bond donors (Lipinski definition) is 1. The number of nitrogens with zero attached hydrogens (tertiary/aromatic N) is 3. The van der Waals surface area contributed by atoms with Gasteiger partial charge in [-0.2, -0.15) is 0 Å². The molecule has 4 nitrogen and oxygen atoms in total. The maximum Gasteiger partial charge on any atom is 0.149 e. The van der Waals surface area contributed by atoms with Crippen molar-refractivity contribution in [2.45, 2.75) is 0 Å². The van der Waals surface area contributed by atoms with Gasteiger partial charge in [-0.1, -0.05) is 12.1 Å². The smallest absolute Gasteiger partial charge is 0.149 e. The second-order valence-corrected chi connectivity index (χ2v) is 4.43. The number of aromatic nitrogens is 3. The van der Waals surface area contributed by atoms with Crippen LogP contribution in [0.25, 0.3) is 16.4 Å². The maximum absolute atomic E-state index is 5.93. The Labute approximate surface area is 102 Å². The lowest BCUT2D eigenvalue weighted by Gasteiger charge is -2.00. The second-order valence-electron chi connectivity index (χ2n) is 3.57. The molecular weight excluding hydrogens is 232 g/mol. The first kappa shape index (κ1) is 10.0. The van der Waals surface area contributed by atoms with E-state index in [4.69, 9.17) is 5.73 Å². The van der Waals surface area contributed by atoms with Crippen molar-refractivity contribution < 1.29 is 0 Å². The third-order valence-corrected chi connectivity index (χ3v) is 3.32. The standard InChI is InChI=1S/C12H10N4S/c13-10-4-2-1-3-9(10)12-15-11(7-17-12)16-6-5-14-8-16/h1-8H,13H2. The Morgan fingerprint density at radius 1 is 1.24 bits per heavy atom. The number of thiazole rings is 1. The van der Waals surface area contributed by atoms with Crippen molar-refractivity contribution in [2.24, 2.45) is 0 Å². The summed E-state index contributed by atoms with van der Waals surface area (Å²) in [4.78, 5) is 8.55. The Bertz CT molecular complexity index is 628. The number of anilines is 1. The molecule has 0 spiro atoms. The predicted molar refractivity (Wildman–Crippen MR) is 69.1 cm³/mol. The first-order valence-corrected chi connectivity index (χ1v) is 6.01. The predicted octanol–water partition coefficient (Wildman–Crippen LogP) is 2.58. The summed E-state index contributed by atoms with van der Waals surface area (Å²) in [7, 11) is 0. The monoisotopic (exact) mass is 242 g/mol. The highest BCUT2D eigenvalue weighted by Gasteiger charge is 2.07. The Morgan fingerprint density at radius 3 is 2.88 bits per heavy atom. The van der Waals surface area contributed by atoms with Crippen molar-refractivity contribution >= 4 is 17.0 Å². The Morgan fingerprint density at radius 2 is 2.12 bits per heavy atom. The second kappa shape index (κ2) is 4.03. The maximum atomic E-state index is 5.93. The Kier molecular flexibility index (Phi) is 2.38. The highest BCUT2D eigenvalue weighted by atomic mass is 32.1. The highest BCUT2D eigenvalue weighted by molar-refractivity contribution is 7.13. The van der Waals surface area contributed by atoms with Gasteiger partial charge < -0.3 is 5.73 Å². The van der Waals surface area contributed by atoms with Gasteiger partial charge in [0.1, 0.15) is 17.2 Å². The summed E-state index contributed by atoms with van der Waals surface area (Å²) in [6.07, 6.45) is 5.33. The van der Waals surface area contributed by atoms with E-state index in [1.165, 1.54) is 0 Å². The molecule has 2 heterocycles. The number of nitrogen functional groups attached to an aromatic ring is 1. The molecular formula is C12H10N4S. The number of benzene rings is 1. The summed E-state index contributed by atoms with van der Waals surface area (Å²) in [5.74, 6) is 0.866. The fraction of sp³-hybridized carbons (Fsp3) is 0. The molecule has 0 amide bonds. The van der Waals surface area contributed by atoms with E-state index in [-0.39, 0.29) is 0 Å². The zero-order valence-corrected chi connectivity index (χ0v) is 9.76. The van der Waals surface area contributed by atoms with Gasteiger partial charge in [-0.05, 0) is 12.1 Å². The van der Waals surface area contributed by atoms with Gasteiger partial charge in [-0.25, -0.2) is 9.97 Å². The number of imidazole rings is 1. The van der Waals surface area contributed by atoms with E-state index in [1.807, 2.05) is 40.4 Å². The van der Waals surface area contributed by atoms with E-state index in [2.05, 4.69) is 9.97 Å². The molecule has 0 bridgehead atoms. The average molecular weight is 242 g/mol. The van der Waals surface area contributed by atoms with Gasteiger partial charge in [0.2, 0.25) is 0 Å². The fourth-order valence-corrected chi connectivity index (χ4v) is 2.44. The van der Waals surface area contributed by atoms with Crippen molar-refractivity contribution in [1.82, 2.24) is 14.5 Å². The van der Waals surface area contributed by atoms with Crippen LogP contribution >= 0.6 is 11.3 Å². The van der Waals surface area contributed by atoms with E-state index in [0.29, 0.717) is 0 Å². The van der Waals surface area contributed by atoms with E-state index in [0.717, 1.165) is 22.1 Å². The third-order valence-electron chi connectivity index (χ3n) is 2.45. The highest BCUT2D eigenvalue weighted by Crippen LogP contribution is 2.29. The van der Waals surface area contributed by atoms with Crippen molar-refractivity contribution in [3.63, 3.8) is 0 Å². The summed E-state index contributed by atoms with van der Waals surface area (Å²) in [6, 6.07) is 7.74. The minimum atomic E-state index is 0.749. The number of para-hydroxylation sites is 1. The van der Waals surface area contributed by atoms with Crippen LogP contribution in [0, 0.1) is 0 Å². The lowest BCUT2D eigenvalue weighted by atomic mass is 10.2. The molecule has 0 saturated carbocycles. The average Bonchev–Trinajstić information content (AvgIpc) is 3.00. The topological polar surface area (TPSA) is 56.7 Å². The summed E-state index contributed by atoms with van der Waals surface area (Å²) in [5.41, 5.74) is 7.65. The van der Waals surface area contributed by atoms with E-state index in [9.17, 15) is 0 Å². The van der Waals surface area contributed by atoms with E-state index >= 15 is 0 Å². The minimum Gasteiger partial charge on any atom is -0.398 e. The molecule has 0 atom stereocenters. The van der Waals surface area contributed by atoms with E-state index < -0.39 is 0 Å². The molecule has 3 aromatic rings. The molecule has 17 heavy (non-hydrogen) atoms. The molecule has 0 saturated heterocycles. The van der Waals surface area contributed by atoms with Gasteiger partial charge in [-0.15, -0.1) is 11.3 Å². The normalized spacial score (nSPS) is 10.6. The van der Waals surface area contributed by atoms with E-state index in [1.54, 1.807) is 23.9 Å². The summed E-state index contributed by atoms with van der Waals surface area (Å²) >= 11 is 1.58. The zero-order chi connectivity index (χ0) is 11.7. The lowest BCUT2D eigenvalue weighted by molar-refractivity contribution is 1.01. The van der Waals surface area contributed by atoms with Gasteiger partial charge in [-0.3, -0.25) is 4.57 Å². The molecule has 1 aromatic carbocycles. The van der Waals surface area contributed by atoms with Gasteiger partial charge in [0.05, 0.1) is 0 Å². The van der Waals surface area contributed by atoms with Crippen LogP contribution in [0.1, 0.15) is 0 Å². The summed E-state index contributed by atoms with van der Waals surface area (Å²) in [6.45, 7) is 0. The van der Waals surface area contributed by atoms with Crippen molar-refractivity contribution in [3.8, 4) is 16.4 Å². The van der Waals surface area contributed by atoms with Gasteiger partial charge in [0.25, 0.3) is 0 Å². The molecule has 2 aromatic heterocycles. The van der Waals surface area contributed by atoms with Crippen LogP contribution in [0.4, 0.5) is 5.69 Å². The number of rotatable bonds is 2. The quantitative estimate of drug-likeness (QED) is 0.703. The van der Waals surface area contributed by atoms with Gasteiger partial charge in [0.15, 0.2) is 0 Å². The van der Waals surface area contributed by atoms with Crippen LogP contribution in [-0.4, -0.2) is 14.5 Å². The fourth-order valence-electron chi connectivity index (χ4n) is 1.59. The first-order valence-electron chi connectivity index (χ1n) is 5.13. The lowest BCUT2D eigenvalue weighted by Crippen LogP contribution is -1.91. The molecule has 3 rings (SSSR count). The van der Waals surface area contributed by atoms with Gasteiger partial charge in [0, 0.05) is 29.0 Å². The number of hydrogen-bond acceptors (Lipinski definition) is 4. The van der Waals surface area contributed by atoms with Crippen molar-refractivity contribution in [2.75, 3.05) is 5.73 Å². The van der Waals surface area contributed by atoms with Crippen molar-refractivity contribution in [1.29, 1.82) is 0 Å². The summed E-state index contributed by atoms with van der Waals surface area (Å²) < 4.78 is 1.87. The Hall–Kier alpha value is -2.14. The molecule has 0 aliphatic heterocycles. The molecule has 5 heteroatoms. The molecule has 0 radical (unpaired) electrons. The molecule has 0 unspecified atom stereocenters. The van der Waals surface area contributed by atoms with Crippen LogP contribution in [0.15, 0.2) is 48.4 Å². The Balaban J connectivity index is 2.04. The van der Waals surface area contributed by atoms with Crippen LogP contribution in [-0.2, 0) is 0 Å². The third kappa shape index (κ3) is 1.81. The molecule has 0 fully saturated rings. The van der Waals surface area contributed by atoms with Crippen molar-refractivity contribution in [3.05, 3.63) is 48.4 Å². The molecule has 84 valence electrons. The summed E-state index contributed by atoms with van der Waals surface area (Å²) in [5, 5.41) is 2.91.